The number of pyridine rings is 1. The largest absolute Gasteiger partial charge is 0.497 e. The van der Waals surface area contributed by atoms with Gasteiger partial charge < -0.3 is 9.47 Å². The highest BCUT2D eigenvalue weighted by molar-refractivity contribution is 6.00. The van der Waals surface area contributed by atoms with E-state index in [9.17, 15) is 4.79 Å². The normalized spacial score (nSPS) is 17.7. The fraction of sp³-hybridized carbons (Fsp3) is 0.429. The zero-order chi connectivity index (χ0) is 18.5. The van der Waals surface area contributed by atoms with Gasteiger partial charge in [0.15, 0.2) is 5.78 Å². The lowest BCUT2D eigenvalue weighted by molar-refractivity contribution is 0.0807. The SMILES string of the molecule is COc1ccc(C(=O)[C@@H]2CCCN(Cc3cccc(C)n3)C2)c(OC)c1. The van der Waals surface area contributed by atoms with Crippen LogP contribution in [0.15, 0.2) is 36.4 Å². The molecule has 0 saturated carbocycles. The summed E-state index contributed by atoms with van der Waals surface area (Å²) in [5.41, 5.74) is 2.71. The lowest BCUT2D eigenvalue weighted by Crippen LogP contribution is -2.38. The molecule has 2 aromatic rings. The molecule has 5 heteroatoms. The Morgan fingerprint density at radius 3 is 2.81 bits per heavy atom. The molecule has 0 N–H and O–H groups in total. The van der Waals surface area contributed by atoms with E-state index in [1.807, 2.05) is 31.2 Å². The molecular weight excluding hydrogens is 328 g/mol. The van der Waals surface area contributed by atoms with E-state index in [1.165, 1.54) is 0 Å². The molecule has 1 aromatic heterocycles. The van der Waals surface area contributed by atoms with Crippen molar-refractivity contribution < 1.29 is 14.3 Å². The van der Waals surface area contributed by atoms with Crippen LogP contribution >= 0.6 is 0 Å². The van der Waals surface area contributed by atoms with E-state index in [0.29, 0.717) is 17.1 Å². The molecule has 26 heavy (non-hydrogen) atoms. The van der Waals surface area contributed by atoms with Crippen LogP contribution in [0.25, 0.3) is 0 Å². The Labute approximate surface area is 155 Å². The van der Waals surface area contributed by atoms with Crippen molar-refractivity contribution in [1.29, 1.82) is 0 Å². The van der Waals surface area contributed by atoms with E-state index in [1.54, 1.807) is 26.4 Å². The van der Waals surface area contributed by atoms with E-state index < -0.39 is 0 Å². The molecule has 1 fully saturated rings. The predicted octanol–water partition coefficient (Wildman–Crippen LogP) is 3.50. The first-order chi connectivity index (χ1) is 12.6. The van der Waals surface area contributed by atoms with E-state index in [0.717, 1.165) is 43.9 Å². The van der Waals surface area contributed by atoms with Crippen LogP contribution in [0.4, 0.5) is 0 Å². The molecule has 3 rings (SSSR count). The molecule has 0 amide bonds. The summed E-state index contributed by atoms with van der Waals surface area (Å²) in [5, 5.41) is 0. The molecule has 138 valence electrons. The fourth-order valence-electron chi connectivity index (χ4n) is 3.55. The van der Waals surface area contributed by atoms with Gasteiger partial charge in [-0.1, -0.05) is 6.07 Å². The number of benzene rings is 1. The number of hydrogen-bond donors (Lipinski definition) is 0. The average Bonchev–Trinajstić information content (AvgIpc) is 2.67. The van der Waals surface area contributed by atoms with Crippen molar-refractivity contribution in [2.45, 2.75) is 26.3 Å². The van der Waals surface area contributed by atoms with Crippen LogP contribution in [0, 0.1) is 12.8 Å². The molecule has 1 atom stereocenters. The smallest absolute Gasteiger partial charge is 0.170 e. The Balaban J connectivity index is 1.72. The topological polar surface area (TPSA) is 51.7 Å². The van der Waals surface area contributed by atoms with Crippen molar-refractivity contribution in [2.24, 2.45) is 5.92 Å². The number of rotatable bonds is 6. The number of likely N-dealkylation sites (tertiary alicyclic amines) is 1. The molecule has 2 heterocycles. The van der Waals surface area contributed by atoms with Gasteiger partial charge in [0.2, 0.25) is 0 Å². The van der Waals surface area contributed by atoms with E-state index in [4.69, 9.17) is 9.47 Å². The van der Waals surface area contributed by atoms with Gasteiger partial charge in [-0.2, -0.15) is 0 Å². The molecular formula is C21H26N2O3. The molecule has 1 saturated heterocycles. The van der Waals surface area contributed by atoms with E-state index in [2.05, 4.69) is 9.88 Å². The van der Waals surface area contributed by atoms with Gasteiger partial charge in [0.25, 0.3) is 0 Å². The summed E-state index contributed by atoms with van der Waals surface area (Å²) >= 11 is 0. The second-order valence-corrected chi connectivity index (χ2v) is 6.78. The Kier molecular flexibility index (Phi) is 5.89. The maximum atomic E-state index is 13.1. The second-order valence-electron chi connectivity index (χ2n) is 6.78. The standard InChI is InChI=1S/C21H26N2O3/c1-15-6-4-8-17(22-15)14-23-11-5-7-16(13-23)21(24)19-10-9-18(25-2)12-20(19)26-3/h4,6,8-10,12,16H,5,7,11,13-14H2,1-3H3/t16-/m1/s1. The molecule has 0 radical (unpaired) electrons. The van der Waals surface area contributed by atoms with E-state index in [-0.39, 0.29) is 11.7 Å². The number of ketones is 1. The third-order valence-electron chi connectivity index (χ3n) is 4.88. The molecule has 0 spiro atoms. The first-order valence-electron chi connectivity index (χ1n) is 9.02. The minimum Gasteiger partial charge on any atom is -0.497 e. The quantitative estimate of drug-likeness (QED) is 0.743. The van der Waals surface area contributed by atoms with Gasteiger partial charge >= 0.3 is 0 Å². The number of carbonyl (C=O) groups excluding carboxylic acids is 1. The highest BCUT2D eigenvalue weighted by Crippen LogP contribution is 2.29. The third-order valence-corrected chi connectivity index (χ3v) is 4.88. The first kappa shape index (κ1) is 18.4. The maximum absolute atomic E-state index is 13.1. The lowest BCUT2D eigenvalue weighted by Gasteiger charge is -2.32. The van der Waals surface area contributed by atoms with Crippen LogP contribution in [-0.4, -0.2) is 43.0 Å². The van der Waals surface area contributed by atoms with Crippen molar-refractivity contribution in [3.63, 3.8) is 0 Å². The zero-order valence-electron chi connectivity index (χ0n) is 15.7. The summed E-state index contributed by atoms with van der Waals surface area (Å²) in [4.78, 5) is 20.0. The van der Waals surface area contributed by atoms with Crippen LogP contribution in [-0.2, 0) is 6.54 Å². The highest BCUT2D eigenvalue weighted by Gasteiger charge is 2.28. The van der Waals surface area contributed by atoms with Gasteiger partial charge in [-0.25, -0.2) is 0 Å². The average molecular weight is 354 g/mol. The summed E-state index contributed by atoms with van der Waals surface area (Å²) in [6.45, 7) is 4.54. The maximum Gasteiger partial charge on any atom is 0.170 e. The minimum absolute atomic E-state index is 0.0177. The molecule has 1 aromatic carbocycles. The Morgan fingerprint density at radius 2 is 2.08 bits per heavy atom. The molecule has 0 aliphatic carbocycles. The minimum atomic E-state index is -0.0177. The van der Waals surface area contributed by atoms with Crippen molar-refractivity contribution in [2.75, 3.05) is 27.3 Å². The van der Waals surface area contributed by atoms with Crippen molar-refractivity contribution in [1.82, 2.24) is 9.88 Å². The van der Waals surface area contributed by atoms with Crippen LogP contribution < -0.4 is 9.47 Å². The summed E-state index contributed by atoms with van der Waals surface area (Å²) < 4.78 is 10.6. The van der Waals surface area contributed by atoms with Crippen molar-refractivity contribution in [3.05, 3.63) is 53.3 Å². The van der Waals surface area contributed by atoms with Crippen molar-refractivity contribution in [3.8, 4) is 11.5 Å². The fourth-order valence-corrected chi connectivity index (χ4v) is 3.55. The molecule has 0 bridgehead atoms. The molecule has 5 nitrogen and oxygen atoms in total. The van der Waals surface area contributed by atoms with Crippen LogP contribution in [0.3, 0.4) is 0 Å². The van der Waals surface area contributed by atoms with Crippen LogP contribution in [0.5, 0.6) is 11.5 Å². The summed E-state index contributed by atoms with van der Waals surface area (Å²) in [5.74, 6) is 1.39. The molecule has 1 aliphatic rings. The summed E-state index contributed by atoms with van der Waals surface area (Å²) in [7, 11) is 3.19. The number of nitrogens with zero attached hydrogens (tertiary/aromatic N) is 2. The zero-order valence-corrected chi connectivity index (χ0v) is 15.7. The second kappa shape index (κ2) is 8.32. The lowest BCUT2D eigenvalue weighted by atomic mass is 9.89. The number of aromatic nitrogens is 1. The number of methoxy groups -OCH3 is 2. The van der Waals surface area contributed by atoms with Gasteiger partial charge in [0, 0.05) is 30.8 Å². The van der Waals surface area contributed by atoms with Gasteiger partial charge in [-0.15, -0.1) is 0 Å². The van der Waals surface area contributed by atoms with Crippen LogP contribution in [0.1, 0.15) is 34.6 Å². The van der Waals surface area contributed by atoms with Crippen LogP contribution in [0.2, 0.25) is 0 Å². The highest BCUT2D eigenvalue weighted by atomic mass is 16.5. The Bertz CT molecular complexity index is 776. The third kappa shape index (κ3) is 4.22. The first-order valence-corrected chi connectivity index (χ1v) is 9.02. The molecule has 0 unspecified atom stereocenters. The monoisotopic (exact) mass is 354 g/mol. The summed E-state index contributed by atoms with van der Waals surface area (Å²) in [6, 6.07) is 11.5. The van der Waals surface area contributed by atoms with E-state index >= 15 is 0 Å². The Morgan fingerprint density at radius 1 is 1.23 bits per heavy atom. The van der Waals surface area contributed by atoms with Gasteiger partial charge in [0.1, 0.15) is 11.5 Å². The van der Waals surface area contributed by atoms with Gasteiger partial charge in [0.05, 0.1) is 25.5 Å². The van der Waals surface area contributed by atoms with Gasteiger partial charge in [-0.3, -0.25) is 14.7 Å². The Hall–Kier alpha value is -2.40. The molecule has 1 aliphatic heterocycles. The number of carbonyl (C=O) groups is 1. The number of ether oxygens (including phenoxy) is 2. The number of Topliss-reactive ketones (excluding diaryl/α,β-unsaturated/α-hetero) is 1. The number of piperidine rings is 1. The van der Waals surface area contributed by atoms with Gasteiger partial charge in [-0.05, 0) is 50.6 Å². The number of aryl methyl sites for hydroxylation is 1. The summed E-state index contributed by atoms with van der Waals surface area (Å²) in [6.07, 6.45) is 1.92. The number of hydrogen-bond acceptors (Lipinski definition) is 5. The van der Waals surface area contributed by atoms with Crippen molar-refractivity contribution >= 4 is 5.78 Å². The predicted molar refractivity (Wildman–Crippen MR) is 101 cm³/mol.